The summed E-state index contributed by atoms with van der Waals surface area (Å²) in [6.07, 6.45) is 1.17. The van der Waals surface area contributed by atoms with Gasteiger partial charge in [0.15, 0.2) is 0 Å². The number of anilines is 3. The molecule has 0 unspecified atom stereocenters. The zero-order chi connectivity index (χ0) is 18.5. The van der Waals surface area contributed by atoms with Crippen LogP contribution in [0, 0.1) is 23.0 Å². The van der Waals surface area contributed by atoms with Crippen molar-refractivity contribution in [3.63, 3.8) is 0 Å². The second-order valence-electron chi connectivity index (χ2n) is 5.18. The molecule has 26 heavy (non-hydrogen) atoms. The zero-order valence-corrected chi connectivity index (χ0v) is 13.2. The maximum atomic E-state index is 13.6. The normalized spacial score (nSPS) is 10.0. The van der Waals surface area contributed by atoms with Crippen LogP contribution in [0.2, 0.25) is 0 Å². The number of halogens is 2. The zero-order valence-electron chi connectivity index (χ0n) is 13.2. The molecule has 0 fully saturated rings. The Bertz CT molecular complexity index is 1020. The second-order valence-corrected chi connectivity index (χ2v) is 5.18. The summed E-state index contributed by atoms with van der Waals surface area (Å²) in [7, 11) is 0. The molecule has 2 aromatic carbocycles. The van der Waals surface area contributed by atoms with Crippen LogP contribution in [0.5, 0.6) is 0 Å². The van der Waals surface area contributed by atoms with Gasteiger partial charge in [-0.1, -0.05) is 6.07 Å². The molecule has 0 atom stereocenters. The summed E-state index contributed by atoms with van der Waals surface area (Å²) in [5, 5.41) is 14.2. The van der Waals surface area contributed by atoms with Crippen LogP contribution in [0.25, 0.3) is 0 Å². The average molecular weight is 351 g/mol. The fraction of sp³-hybridized carbons (Fsp3) is 0. The Morgan fingerprint density at radius 2 is 1.92 bits per heavy atom. The summed E-state index contributed by atoms with van der Waals surface area (Å²) >= 11 is 0. The Morgan fingerprint density at radius 1 is 1.08 bits per heavy atom. The first-order chi connectivity index (χ1) is 12.5. The van der Waals surface area contributed by atoms with E-state index < -0.39 is 17.5 Å². The largest absolute Gasteiger partial charge is 0.340 e. The van der Waals surface area contributed by atoms with E-state index in [0.717, 1.165) is 12.1 Å². The van der Waals surface area contributed by atoms with Crippen LogP contribution in [0.15, 0.2) is 54.9 Å². The fourth-order valence-corrected chi connectivity index (χ4v) is 2.14. The molecule has 0 saturated carbocycles. The number of nitrogens with one attached hydrogen (secondary N) is 2. The summed E-state index contributed by atoms with van der Waals surface area (Å²) in [5.74, 6) is -1.99. The molecule has 0 aliphatic carbocycles. The van der Waals surface area contributed by atoms with Crippen LogP contribution in [0.4, 0.5) is 26.0 Å². The van der Waals surface area contributed by atoms with Crippen LogP contribution in [-0.2, 0) is 0 Å². The van der Waals surface area contributed by atoms with E-state index in [1.165, 1.54) is 12.4 Å². The third-order valence-electron chi connectivity index (χ3n) is 3.34. The van der Waals surface area contributed by atoms with Gasteiger partial charge in [0.1, 0.15) is 29.5 Å². The van der Waals surface area contributed by atoms with Crippen LogP contribution in [0.3, 0.4) is 0 Å². The van der Waals surface area contributed by atoms with E-state index in [0.29, 0.717) is 23.1 Å². The van der Waals surface area contributed by atoms with Crippen molar-refractivity contribution < 1.29 is 13.6 Å². The number of rotatable bonds is 4. The van der Waals surface area contributed by atoms with E-state index in [4.69, 9.17) is 5.26 Å². The first-order valence-electron chi connectivity index (χ1n) is 7.41. The Hall–Kier alpha value is -3.86. The van der Waals surface area contributed by atoms with Gasteiger partial charge in [-0.2, -0.15) is 5.26 Å². The molecule has 0 bridgehead atoms. The Labute approximate surface area is 147 Å². The van der Waals surface area contributed by atoms with Crippen molar-refractivity contribution in [3.05, 3.63) is 77.8 Å². The molecule has 3 aromatic rings. The minimum absolute atomic E-state index is 0.0114. The van der Waals surface area contributed by atoms with Gasteiger partial charge in [-0.15, -0.1) is 0 Å². The summed E-state index contributed by atoms with van der Waals surface area (Å²) in [6.45, 7) is 0. The third kappa shape index (κ3) is 3.96. The van der Waals surface area contributed by atoms with Crippen LogP contribution in [0.1, 0.15) is 16.1 Å². The number of aromatic nitrogens is 2. The van der Waals surface area contributed by atoms with Crippen molar-refractivity contribution in [2.45, 2.75) is 0 Å². The topological polar surface area (TPSA) is 90.7 Å². The Morgan fingerprint density at radius 3 is 2.69 bits per heavy atom. The first kappa shape index (κ1) is 17.0. The molecule has 8 heteroatoms. The van der Waals surface area contributed by atoms with Crippen molar-refractivity contribution in [1.29, 1.82) is 5.26 Å². The molecule has 1 amide bonds. The van der Waals surface area contributed by atoms with Gasteiger partial charge in [-0.3, -0.25) is 4.79 Å². The highest BCUT2D eigenvalue weighted by molar-refractivity contribution is 6.03. The van der Waals surface area contributed by atoms with E-state index in [9.17, 15) is 13.6 Å². The summed E-state index contributed by atoms with van der Waals surface area (Å²) < 4.78 is 26.6. The number of nitriles is 1. The number of hydrogen-bond acceptors (Lipinski definition) is 5. The van der Waals surface area contributed by atoms with Gasteiger partial charge in [-0.05, 0) is 30.3 Å². The summed E-state index contributed by atoms with van der Waals surface area (Å²) in [4.78, 5) is 20.1. The lowest BCUT2D eigenvalue weighted by Crippen LogP contribution is -2.15. The predicted octanol–water partition coefficient (Wildman–Crippen LogP) is 3.62. The van der Waals surface area contributed by atoms with Gasteiger partial charge in [0.25, 0.3) is 5.91 Å². The number of benzene rings is 2. The number of amides is 1. The molecule has 1 aromatic heterocycles. The second kappa shape index (κ2) is 7.36. The molecular formula is C18H11F2N5O. The van der Waals surface area contributed by atoms with E-state index in [1.54, 1.807) is 24.3 Å². The molecule has 128 valence electrons. The van der Waals surface area contributed by atoms with Crippen molar-refractivity contribution in [2.75, 3.05) is 10.6 Å². The van der Waals surface area contributed by atoms with Gasteiger partial charge in [-0.25, -0.2) is 18.7 Å². The number of hydrogen-bond donors (Lipinski definition) is 2. The van der Waals surface area contributed by atoms with E-state index in [-0.39, 0.29) is 11.4 Å². The Balaban J connectivity index is 1.78. The van der Waals surface area contributed by atoms with Crippen LogP contribution in [-0.4, -0.2) is 15.9 Å². The predicted molar refractivity (Wildman–Crippen MR) is 90.8 cm³/mol. The van der Waals surface area contributed by atoms with Gasteiger partial charge in [0.2, 0.25) is 0 Å². The van der Waals surface area contributed by atoms with Gasteiger partial charge < -0.3 is 10.6 Å². The minimum atomic E-state index is -0.890. The van der Waals surface area contributed by atoms with Crippen molar-refractivity contribution in [2.24, 2.45) is 0 Å². The fourth-order valence-electron chi connectivity index (χ4n) is 2.14. The van der Waals surface area contributed by atoms with E-state index >= 15 is 0 Å². The van der Waals surface area contributed by atoms with Crippen molar-refractivity contribution >= 4 is 23.1 Å². The smallest absolute Gasteiger partial charge is 0.274 e. The minimum Gasteiger partial charge on any atom is -0.340 e. The molecule has 1 heterocycles. The van der Waals surface area contributed by atoms with Crippen LogP contribution >= 0.6 is 0 Å². The molecule has 3 rings (SSSR count). The van der Waals surface area contributed by atoms with Gasteiger partial charge >= 0.3 is 0 Å². The van der Waals surface area contributed by atoms with Gasteiger partial charge in [0.05, 0.1) is 17.3 Å². The maximum Gasteiger partial charge on any atom is 0.274 e. The van der Waals surface area contributed by atoms with Crippen molar-refractivity contribution in [3.8, 4) is 6.07 Å². The first-order valence-corrected chi connectivity index (χ1v) is 7.41. The summed E-state index contributed by atoms with van der Waals surface area (Å²) in [5.41, 5.74) is 0.904. The number of nitrogens with zero attached hydrogens (tertiary/aromatic N) is 3. The number of carbonyl (C=O) groups is 1. The standard InChI is InChI=1S/C18H11F2N5O/c19-12-4-5-15(14(20)7-12)25-18(26)16-8-17(23-10-22-16)24-13-3-1-2-11(6-13)9-21/h1-8,10H,(H,25,26)(H,22,23,24). The molecule has 0 aliphatic rings. The summed E-state index contributed by atoms with van der Waals surface area (Å²) in [6, 6.07) is 12.9. The lowest BCUT2D eigenvalue weighted by atomic mass is 10.2. The lowest BCUT2D eigenvalue weighted by molar-refractivity contribution is 0.102. The Kier molecular flexibility index (Phi) is 4.80. The lowest BCUT2D eigenvalue weighted by Gasteiger charge is -2.08. The SMILES string of the molecule is N#Cc1cccc(Nc2cc(C(=O)Nc3ccc(F)cc3F)ncn2)c1. The highest BCUT2D eigenvalue weighted by Crippen LogP contribution is 2.18. The van der Waals surface area contributed by atoms with Crippen molar-refractivity contribution in [1.82, 2.24) is 9.97 Å². The quantitative estimate of drug-likeness (QED) is 0.749. The molecule has 2 N–H and O–H groups in total. The monoisotopic (exact) mass is 351 g/mol. The molecule has 0 saturated heterocycles. The molecule has 0 spiro atoms. The molecule has 0 aliphatic heterocycles. The maximum absolute atomic E-state index is 13.6. The third-order valence-corrected chi connectivity index (χ3v) is 3.34. The molecular weight excluding hydrogens is 340 g/mol. The van der Waals surface area contributed by atoms with Crippen LogP contribution < -0.4 is 10.6 Å². The van der Waals surface area contributed by atoms with E-state index in [2.05, 4.69) is 20.6 Å². The highest BCUT2D eigenvalue weighted by Gasteiger charge is 2.12. The molecule has 6 nitrogen and oxygen atoms in total. The highest BCUT2D eigenvalue weighted by atomic mass is 19.1. The van der Waals surface area contributed by atoms with Gasteiger partial charge in [0, 0.05) is 17.8 Å². The molecule has 0 radical (unpaired) electrons. The number of carbonyl (C=O) groups excluding carboxylic acids is 1. The average Bonchev–Trinajstić information content (AvgIpc) is 2.64. The van der Waals surface area contributed by atoms with E-state index in [1.807, 2.05) is 6.07 Å².